The minimum Gasteiger partial charge on any atom is -0.457 e. The van der Waals surface area contributed by atoms with Crippen molar-refractivity contribution in [3.63, 3.8) is 0 Å². The Bertz CT molecular complexity index is 1880. The van der Waals surface area contributed by atoms with Gasteiger partial charge in [0.2, 0.25) is 0 Å². The van der Waals surface area contributed by atoms with Gasteiger partial charge in [0.05, 0.1) is 20.8 Å². The monoisotopic (exact) mass is 572 g/mol. The molecule has 9 heteroatoms. The second kappa shape index (κ2) is 10.6. The third kappa shape index (κ3) is 4.94. The summed E-state index contributed by atoms with van der Waals surface area (Å²) in [7, 11) is 0. The van der Waals surface area contributed by atoms with Crippen molar-refractivity contribution in [3.05, 3.63) is 136 Å². The maximum atomic E-state index is 13.8. The number of ether oxygens (including phenoxy) is 1. The van der Waals surface area contributed by atoms with Gasteiger partial charge in [0, 0.05) is 16.5 Å². The highest BCUT2D eigenvalue weighted by Gasteiger charge is 2.34. The van der Waals surface area contributed by atoms with E-state index >= 15 is 0 Å². The van der Waals surface area contributed by atoms with E-state index in [1.54, 1.807) is 29.7 Å². The Hall–Kier alpha value is -3.98. The Kier molecular flexibility index (Phi) is 6.91. The molecule has 5 aromatic rings. The van der Waals surface area contributed by atoms with Crippen LogP contribution < -0.4 is 14.9 Å². The summed E-state index contributed by atoms with van der Waals surface area (Å²) in [6.45, 7) is 1.91. The van der Waals surface area contributed by atoms with Crippen molar-refractivity contribution >= 4 is 46.3 Å². The Morgan fingerprint density at radius 1 is 1.08 bits per heavy atom. The minimum absolute atomic E-state index is 0.129. The first-order chi connectivity index (χ1) is 19.0. The Morgan fingerprint density at radius 3 is 2.64 bits per heavy atom. The zero-order valence-electron chi connectivity index (χ0n) is 20.7. The zero-order chi connectivity index (χ0) is 26.9. The van der Waals surface area contributed by atoms with Crippen LogP contribution in [0.1, 0.15) is 29.2 Å². The fourth-order valence-corrected chi connectivity index (χ4v) is 6.54. The van der Waals surface area contributed by atoms with Crippen molar-refractivity contribution < 1.29 is 13.9 Å². The van der Waals surface area contributed by atoms with Crippen LogP contribution in [0.2, 0.25) is 5.02 Å². The van der Waals surface area contributed by atoms with Crippen molar-refractivity contribution in [2.24, 2.45) is 4.99 Å². The van der Waals surface area contributed by atoms with Gasteiger partial charge in [0.1, 0.15) is 24.2 Å². The summed E-state index contributed by atoms with van der Waals surface area (Å²) in [5, 5.41) is 2.50. The number of rotatable bonds is 6. The van der Waals surface area contributed by atoms with Crippen LogP contribution in [0, 0.1) is 0 Å². The number of halogens is 1. The lowest BCUT2D eigenvalue weighted by atomic mass is 10.0. The number of aromatic nitrogens is 1. The molecule has 4 heterocycles. The van der Waals surface area contributed by atoms with Crippen molar-refractivity contribution in [3.8, 4) is 11.3 Å². The van der Waals surface area contributed by atoms with E-state index in [1.807, 2.05) is 72.1 Å². The van der Waals surface area contributed by atoms with Gasteiger partial charge in [0.15, 0.2) is 4.80 Å². The van der Waals surface area contributed by atoms with Crippen molar-refractivity contribution in [1.29, 1.82) is 0 Å². The molecule has 2 aromatic carbocycles. The van der Waals surface area contributed by atoms with Gasteiger partial charge in [-0.15, -0.1) is 11.3 Å². The SMILES string of the molecule is CC1=C(C(=O)OCc2ccccc2)C(c2cccs2)n2c(sc(=Cc3ccc(-c4ccccc4Cl)o3)c2=O)=N1. The highest BCUT2D eigenvalue weighted by atomic mass is 35.5. The average molecular weight is 573 g/mol. The first-order valence-corrected chi connectivity index (χ1v) is 14.2. The summed E-state index contributed by atoms with van der Waals surface area (Å²) < 4.78 is 13.7. The van der Waals surface area contributed by atoms with Crippen LogP contribution in [0.4, 0.5) is 0 Å². The van der Waals surface area contributed by atoms with Crippen LogP contribution in [0.3, 0.4) is 0 Å². The smallest absolute Gasteiger partial charge is 0.338 e. The van der Waals surface area contributed by atoms with Gasteiger partial charge in [-0.3, -0.25) is 9.36 Å². The molecule has 0 radical (unpaired) electrons. The molecule has 0 N–H and O–H groups in total. The zero-order valence-corrected chi connectivity index (χ0v) is 23.1. The van der Waals surface area contributed by atoms with Gasteiger partial charge in [-0.1, -0.05) is 71.5 Å². The van der Waals surface area contributed by atoms with Crippen LogP contribution in [-0.4, -0.2) is 10.5 Å². The first-order valence-electron chi connectivity index (χ1n) is 12.1. The van der Waals surface area contributed by atoms with E-state index in [9.17, 15) is 9.59 Å². The van der Waals surface area contributed by atoms with Gasteiger partial charge in [-0.05, 0) is 48.2 Å². The van der Waals surface area contributed by atoms with Gasteiger partial charge in [0.25, 0.3) is 5.56 Å². The van der Waals surface area contributed by atoms with Gasteiger partial charge < -0.3 is 9.15 Å². The number of nitrogens with zero attached hydrogens (tertiary/aromatic N) is 2. The second-order valence-corrected chi connectivity index (χ2v) is 11.2. The molecule has 1 atom stereocenters. The molecule has 0 bridgehead atoms. The molecule has 0 fully saturated rings. The predicted octanol–water partition coefficient (Wildman–Crippen LogP) is 5.95. The fraction of sp³-hybridized carbons (Fsp3) is 0.100. The summed E-state index contributed by atoms with van der Waals surface area (Å²) in [5.74, 6) is 0.625. The quantitative estimate of drug-likeness (QED) is 0.236. The Morgan fingerprint density at radius 2 is 1.87 bits per heavy atom. The summed E-state index contributed by atoms with van der Waals surface area (Å²) in [6, 6.07) is 23.7. The molecular weight excluding hydrogens is 552 g/mol. The molecular formula is C30H21ClN2O4S2. The van der Waals surface area contributed by atoms with Gasteiger partial charge >= 0.3 is 5.97 Å². The lowest BCUT2D eigenvalue weighted by Crippen LogP contribution is -2.39. The standard InChI is InChI=1S/C30H21ClN2O4S2/c1-18-26(29(35)36-17-19-8-3-2-4-9-19)27(24-12-7-15-38-24)33-28(34)25(39-30(33)32-18)16-20-13-14-23(37-20)21-10-5-6-11-22(21)31/h2-16,27H,17H2,1H3. The van der Waals surface area contributed by atoms with E-state index in [0.29, 0.717) is 37.1 Å². The van der Waals surface area contributed by atoms with Crippen molar-refractivity contribution in [2.45, 2.75) is 19.6 Å². The van der Waals surface area contributed by atoms with E-state index in [2.05, 4.69) is 4.99 Å². The van der Waals surface area contributed by atoms with E-state index < -0.39 is 12.0 Å². The number of fused-ring (bicyclic) bond motifs is 1. The Labute approximate surface area is 236 Å². The van der Waals surface area contributed by atoms with Crippen LogP contribution >= 0.6 is 34.3 Å². The number of esters is 1. The number of carbonyl (C=O) groups is 1. The first kappa shape index (κ1) is 25.3. The lowest BCUT2D eigenvalue weighted by molar-refractivity contribution is -0.140. The minimum atomic E-state index is -0.637. The number of hydrogen-bond donors (Lipinski definition) is 0. The molecule has 6 rings (SSSR count). The number of thiophene rings is 1. The van der Waals surface area contributed by atoms with Crippen molar-refractivity contribution in [2.75, 3.05) is 0 Å². The van der Waals surface area contributed by atoms with E-state index in [0.717, 1.165) is 16.0 Å². The number of thiazole rings is 1. The number of benzene rings is 2. The highest BCUT2D eigenvalue weighted by Crippen LogP contribution is 2.33. The summed E-state index contributed by atoms with van der Waals surface area (Å²) in [6.07, 6.45) is 1.70. The molecule has 0 saturated heterocycles. The fourth-order valence-electron chi connectivity index (χ4n) is 4.46. The van der Waals surface area contributed by atoms with Crippen LogP contribution in [0.15, 0.2) is 110 Å². The van der Waals surface area contributed by atoms with E-state index in [-0.39, 0.29) is 12.2 Å². The van der Waals surface area contributed by atoms with Crippen molar-refractivity contribution in [1.82, 2.24) is 4.57 Å². The van der Waals surface area contributed by atoms with E-state index in [4.69, 9.17) is 20.8 Å². The third-order valence-corrected chi connectivity index (χ3v) is 8.54. The molecule has 1 unspecified atom stereocenters. The predicted molar refractivity (Wildman–Crippen MR) is 153 cm³/mol. The van der Waals surface area contributed by atoms with E-state index in [1.165, 1.54) is 22.7 Å². The largest absolute Gasteiger partial charge is 0.457 e. The molecule has 0 aliphatic carbocycles. The second-order valence-electron chi connectivity index (χ2n) is 8.84. The normalized spacial score (nSPS) is 15.2. The highest BCUT2D eigenvalue weighted by molar-refractivity contribution is 7.10. The van der Waals surface area contributed by atoms with Crippen LogP contribution in [0.25, 0.3) is 17.4 Å². The number of furan rings is 1. The molecule has 1 aliphatic heterocycles. The number of hydrogen-bond acceptors (Lipinski definition) is 7. The molecule has 0 amide bonds. The molecule has 1 aliphatic rings. The average Bonchev–Trinajstić information content (AvgIpc) is 3.70. The lowest BCUT2D eigenvalue weighted by Gasteiger charge is -2.23. The molecule has 3 aromatic heterocycles. The van der Waals surface area contributed by atoms with Gasteiger partial charge in [-0.2, -0.15) is 0 Å². The molecule has 0 spiro atoms. The third-order valence-electron chi connectivity index (χ3n) is 6.31. The molecule has 39 heavy (non-hydrogen) atoms. The molecule has 194 valence electrons. The summed E-state index contributed by atoms with van der Waals surface area (Å²) in [5.41, 5.74) is 2.27. The topological polar surface area (TPSA) is 73.8 Å². The number of carbonyl (C=O) groups excluding carboxylic acids is 1. The summed E-state index contributed by atoms with van der Waals surface area (Å²) in [4.78, 5) is 33.2. The van der Waals surface area contributed by atoms with Crippen LogP contribution in [0.5, 0.6) is 0 Å². The van der Waals surface area contributed by atoms with Crippen LogP contribution in [-0.2, 0) is 16.1 Å². The Balaban J connectivity index is 1.39. The summed E-state index contributed by atoms with van der Waals surface area (Å²) >= 11 is 9.05. The maximum absolute atomic E-state index is 13.8. The number of allylic oxidation sites excluding steroid dienone is 1. The van der Waals surface area contributed by atoms with Gasteiger partial charge in [-0.25, -0.2) is 9.79 Å². The molecule has 6 nitrogen and oxygen atoms in total. The molecule has 0 saturated carbocycles. The maximum Gasteiger partial charge on any atom is 0.338 e.